The fourth-order valence-corrected chi connectivity index (χ4v) is 5.14. The van der Waals surface area contributed by atoms with Gasteiger partial charge in [-0.2, -0.15) is 0 Å². The lowest BCUT2D eigenvalue weighted by molar-refractivity contribution is 0.0693. The first-order valence-electron chi connectivity index (χ1n) is 13.2. The SMILES string of the molecule is COc1cc(C(=O)N2CCc3cc4ccc3C2c2cccc(c2)OCCCNC(=O)c2cncc(c2)O4)ccn1. The summed E-state index contributed by atoms with van der Waals surface area (Å²) < 4.78 is 17.4. The fourth-order valence-electron chi connectivity index (χ4n) is 5.14. The highest BCUT2D eigenvalue weighted by molar-refractivity contribution is 5.95. The van der Waals surface area contributed by atoms with E-state index in [1.807, 2.05) is 47.4 Å². The summed E-state index contributed by atoms with van der Waals surface area (Å²) in [6, 6.07) is 18.4. The topological polar surface area (TPSA) is 103 Å². The number of carbonyl (C=O) groups excluding carboxylic acids is 2. The van der Waals surface area contributed by atoms with Crippen molar-refractivity contribution in [3.8, 4) is 23.1 Å². The Hall–Kier alpha value is -4.92. The van der Waals surface area contributed by atoms with Gasteiger partial charge in [0.2, 0.25) is 5.88 Å². The van der Waals surface area contributed by atoms with Gasteiger partial charge in [-0.05, 0) is 65.9 Å². The Labute approximate surface area is 231 Å². The van der Waals surface area contributed by atoms with Gasteiger partial charge in [-0.15, -0.1) is 0 Å². The monoisotopic (exact) mass is 536 g/mol. The Kier molecular flexibility index (Phi) is 7.01. The first-order valence-corrected chi connectivity index (χ1v) is 13.2. The number of benzene rings is 2. The first-order chi connectivity index (χ1) is 19.6. The maximum Gasteiger partial charge on any atom is 0.254 e. The van der Waals surface area contributed by atoms with Crippen molar-refractivity contribution < 1.29 is 23.8 Å². The highest BCUT2D eigenvalue weighted by Crippen LogP contribution is 2.39. The Morgan fingerprint density at radius 3 is 2.88 bits per heavy atom. The number of ether oxygens (including phenoxy) is 3. The zero-order valence-corrected chi connectivity index (χ0v) is 22.0. The molecule has 4 aromatic rings. The second-order valence-electron chi connectivity index (χ2n) is 9.64. The second kappa shape index (κ2) is 11.1. The van der Waals surface area contributed by atoms with Gasteiger partial charge in [0.05, 0.1) is 31.5 Å². The smallest absolute Gasteiger partial charge is 0.254 e. The number of rotatable bonds is 2. The van der Waals surface area contributed by atoms with Crippen LogP contribution < -0.4 is 19.5 Å². The van der Waals surface area contributed by atoms with E-state index >= 15 is 0 Å². The molecule has 0 saturated heterocycles. The highest BCUT2D eigenvalue weighted by Gasteiger charge is 2.33. The lowest BCUT2D eigenvalue weighted by Gasteiger charge is -2.38. The molecule has 5 heterocycles. The predicted molar refractivity (Wildman–Crippen MR) is 147 cm³/mol. The average Bonchev–Trinajstić information content (AvgIpc) is 2.99. The number of hydrogen-bond donors (Lipinski definition) is 1. The van der Waals surface area contributed by atoms with E-state index in [-0.39, 0.29) is 17.9 Å². The van der Waals surface area contributed by atoms with Crippen molar-refractivity contribution in [3.05, 3.63) is 107 Å². The van der Waals surface area contributed by atoms with E-state index < -0.39 is 0 Å². The predicted octanol–water partition coefficient (Wildman–Crippen LogP) is 4.58. The Bertz CT molecular complexity index is 1570. The van der Waals surface area contributed by atoms with Crippen molar-refractivity contribution >= 4 is 11.8 Å². The maximum atomic E-state index is 13.9. The molecule has 202 valence electrons. The quantitative estimate of drug-likeness (QED) is 0.400. The second-order valence-corrected chi connectivity index (χ2v) is 9.64. The van der Waals surface area contributed by atoms with Crippen molar-refractivity contribution in [2.24, 2.45) is 0 Å². The minimum atomic E-state index is -0.337. The maximum absolute atomic E-state index is 13.9. The molecule has 1 atom stereocenters. The Morgan fingerprint density at radius 2 is 1.98 bits per heavy atom. The van der Waals surface area contributed by atoms with E-state index in [2.05, 4.69) is 15.3 Å². The lowest BCUT2D eigenvalue weighted by atomic mass is 9.87. The molecule has 0 aliphatic carbocycles. The van der Waals surface area contributed by atoms with Gasteiger partial charge >= 0.3 is 0 Å². The third-order valence-corrected chi connectivity index (χ3v) is 7.05. The molecule has 3 aliphatic heterocycles. The van der Waals surface area contributed by atoms with Crippen LogP contribution in [0.1, 0.15) is 49.9 Å². The van der Waals surface area contributed by atoms with Gasteiger partial charge in [-0.1, -0.05) is 18.2 Å². The van der Waals surface area contributed by atoms with Crippen LogP contribution in [0.4, 0.5) is 0 Å². The van der Waals surface area contributed by atoms with Crippen LogP contribution in [0.3, 0.4) is 0 Å². The number of pyridine rings is 2. The van der Waals surface area contributed by atoms with Crippen molar-refractivity contribution in [1.29, 1.82) is 0 Å². The van der Waals surface area contributed by atoms with Gasteiger partial charge < -0.3 is 24.4 Å². The van der Waals surface area contributed by atoms with Crippen molar-refractivity contribution in [3.63, 3.8) is 0 Å². The minimum absolute atomic E-state index is 0.108. The molecule has 1 N–H and O–H groups in total. The van der Waals surface area contributed by atoms with Crippen LogP contribution in [-0.2, 0) is 6.42 Å². The van der Waals surface area contributed by atoms with Crippen molar-refractivity contribution in [2.75, 3.05) is 26.8 Å². The molecular formula is C31H28N4O5. The number of carbonyl (C=O) groups is 2. The summed E-state index contributed by atoms with van der Waals surface area (Å²) in [6.07, 6.45) is 5.96. The van der Waals surface area contributed by atoms with Gasteiger partial charge in [0, 0.05) is 37.1 Å². The summed E-state index contributed by atoms with van der Waals surface area (Å²) in [5, 5.41) is 2.90. The molecule has 1 unspecified atom stereocenters. The van der Waals surface area contributed by atoms with Gasteiger partial charge in [-0.25, -0.2) is 4.98 Å². The summed E-state index contributed by atoms with van der Waals surface area (Å²) >= 11 is 0. The number of aromatic nitrogens is 2. The molecule has 9 heteroatoms. The number of methoxy groups -OCH3 is 1. The Morgan fingerprint density at radius 1 is 1.05 bits per heavy atom. The zero-order chi connectivity index (χ0) is 27.5. The van der Waals surface area contributed by atoms with Crippen LogP contribution in [0.15, 0.2) is 79.3 Å². The number of fused-ring (bicyclic) bond motifs is 6. The molecule has 3 aliphatic rings. The molecule has 2 amide bonds. The lowest BCUT2D eigenvalue weighted by Crippen LogP contribution is -2.40. The van der Waals surface area contributed by atoms with Gasteiger partial charge in [0.25, 0.3) is 11.8 Å². The van der Waals surface area contributed by atoms with E-state index in [0.717, 1.165) is 16.7 Å². The van der Waals surface area contributed by atoms with Crippen LogP contribution in [0.25, 0.3) is 0 Å². The van der Waals surface area contributed by atoms with Crippen LogP contribution in [0.2, 0.25) is 0 Å². The van der Waals surface area contributed by atoms with Crippen molar-refractivity contribution in [1.82, 2.24) is 20.2 Å². The molecule has 0 spiro atoms. The number of amides is 2. The summed E-state index contributed by atoms with van der Waals surface area (Å²) in [6.45, 7) is 1.39. The molecule has 2 aromatic carbocycles. The molecule has 0 fully saturated rings. The molecule has 0 saturated carbocycles. The van der Waals surface area contributed by atoms with Crippen LogP contribution in [0.5, 0.6) is 23.1 Å². The molecular weight excluding hydrogens is 508 g/mol. The molecule has 8 bridgehead atoms. The van der Waals surface area contributed by atoms with Crippen LogP contribution in [-0.4, -0.2) is 53.5 Å². The summed E-state index contributed by atoms with van der Waals surface area (Å²) in [5.41, 5.74) is 3.96. The average molecular weight is 537 g/mol. The summed E-state index contributed by atoms with van der Waals surface area (Å²) in [5.74, 6) is 1.87. The third-order valence-electron chi connectivity index (χ3n) is 7.05. The molecule has 2 aromatic heterocycles. The van der Waals surface area contributed by atoms with E-state index in [0.29, 0.717) is 66.8 Å². The normalized spacial score (nSPS) is 16.6. The highest BCUT2D eigenvalue weighted by atomic mass is 16.5. The first kappa shape index (κ1) is 25.4. The minimum Gasteiger partial charge on any atom is -0.494 e. The molecule has 7 rings (SSSR count). The standard InChI is InChI=1S/C31H28N4O5/c1-38-28-17-22(8-11-33-28)31(37)35-12-9-20-14-25-6-7-27(20)29(35)21-4-2-5-24(15-21)39-13-3-10-34-30(36)23-16-26(40-25)19-32-18-23/h2,4-8,11,14-19,29H,3,9-10,12-13H2,1H3,(H,34,36). The number of nitrogens with one attached hydrogen (secondary N) is 1. The van der Waals surface area contributed by atoms with Crippen LogP contribution >= 0.6 is 0 Å². The van der Waals surface area contributed by atoms with Gasteiger partial charge in [-0.3, -0.25) is 14.6 Å². The Balaban J connectivity index is 1.42. The fraction of sp³-hybridized carbons (Fsp3) is 0.226. The number of nitrogens with zero attached hydrogens (tertiary/aromatic N) is 3. The third kappa shape index (κ3) is 5.18. The van der Waals surface area contributed by atoms with Crippen molar-refractivity contribution in [2.45, 2.75) is 18.9 Å². The number of hydrogen-bond acceptors (Lipinski definition) is 7. The summed E-state index contributed by atoms with van der Waals surface area (Å²) in [4.78, 5) is 36.7. The molecule has 9 nitrogen and oxygen atoms in total. The van der Waals surface area contributed by atoms with Gasteiger partial charge in [0.15, 0.2) is 0 Å². The van der Waals surface area contributed by atoms with E-state index in [4.69, 9.17) is 14.2 Å². The zero-order valence-electron chi connectivity index (χ0n) is 22.0. The van der Waals surface area contributed by atoms with Crippen LogP contribution in [0, 0.1) is 0 Å². The van der Waals surface area contributed by atoms with E-state index in [9.17, 15) is 9.59 Å². The van der Waals surface area contributed by atoms with E-state index in [1.165, 1.54) is 13.3 Å². The van der Waals surface area contributed by atoms with Gasteiger partial charge in [0.1, 0.15) is 17.2 Å². The molecule has 40 heavy (non-hydrogen) atoms. The largest absolute Gasteiger partial charge is 0.494 e. The van der Waals surface area contributed by atoms with E-state index in [1.54, 1.807) is 30.6 Å². The molecule has 0 radical (unpaired) electrons. The summed E-state index contributed by atoms with van der Waals surface area (Å²) in [7, 11) is 1.53.